The van der Waals surface area contributed by atoms with Gasteiger partial charge in [-0.05, 0) is 70.6 Å². The minimum Gasteiger partial charge on any atom is -0.394 e. The lowest BCUT2D eigenvalue weighted by molar-refractivity contribution is -0.359. The predicted molar refractivity (Wildman–Crippen MR) is 415 cm³/mol. The number of aliphatic hydroxyl groups is 8. The molecule has 14 nitrogen and oxygen atoms in total. The van der Waals surface area contributed by atoms with Gasteiger partial charge in [-0.15, -0.1) is 0 Å². The van der Waals surface area contributed by atoms with E-state index < -0.39 is 86.8 Å². The van der Waals surface area contributed by atoms with Crippen LogP contribution < -0.4 is 5.32 Å². The first kappa shape index (κ1) is 93.8. The lowest BCUT2D eigenvalue weighted by Gasteiger charge is -2.46. The number of nitrogens with one attached hydrogen (secondary N) is 1. The van der Waals surface area contributed by atoms with Gasteiger partial charge in [0.2, 0.25) is 5.91 Å². The molecule has 0 radical (unpaired) electrons. The normalized spacial score (nSPS) is 22.1. The molecule has 2 fully saturated rings. The maximum Gasteiger partial charge on any atom is 0.220 e. The van der Waals surface area contributed by atoms with E-state index in [2.05, 4.69) is 67.8 Å². The van der Waals surface area contributed by atoms with E-state index in [1.165, 1.54) is 308 Å². The van der Waals surface area contributed by atoms with Crippen molar-refractivity contribution in [3.63, 3.8) is 0 Å². The Morgan fingerprint density at radius 2 is 0.670 bits per heavy atom. The molecule has 0 aromatic carbocycles. The molecule has 1 amide bonds. The maximum absolute atomic E-state index is 13.4. The number of aliphatic hydroxyl groups excluding tert-OH is 8. The third-order valence-electron chi connectivity index (χ3n) is 20.7. The summed E-state index contributed by atoms with van der Waals surface area (Å²) in [6.45, 7) is 2.83. The van der Waals surface area contributed by atoms with Crippen LogP contribution >= 0.6 is 0 Å². The molecule has 2 heterocycles. The van der Waals surface area contributed by atoms with Gasteiger partial charge in [0, 0.05) is 6.42 Å². The van der Waals surface area contributed by atoms with E-state index in [9.17, 15) is 45.6 Å². The summed E-state index contributed by atoms with van der Waals surface area (Å²) in [5, 5.41) is 87.7. The van der Waals surface area contributed by atoms with Crippen LogP contribution in [0.1, 0.15) is 386 Å². The summed E-state index contributed by atoms with van der Waals surface area (Å²) in [5.74, 6) is -0.242. The smallest absolute Gasteiger partial charge is 0.220 e. The van der Waals surface area contributed by atoms with Crippen LogP contribution in [0.15, 0.2) is 60.8 Å². The van der Waals surface area contributed by atoms with Crippen molar-refractivity contribution in [1.29, 1.82) is 0 Å². The molecule has 0 bridgehead atoms. The van der Waals surface area contributed by atoms with Gasteiger partial charge in [-0.1, -0.05) is 370 Å². The zero-order valence-corrected chi connectivity index (χ0v) is 64.5. The Hall–Kier alpha value is -2.31. The summed E-state index contributed by atoms with van der Waals surface area (Å²) < 4.78 is 22.9. The molecular formula is C86H159NO13. The molecule has 0 saturated carbocycles. The van der Waals surface area contributed by atoms with Gasteiger partial charge in [0.25, 0.3) is 0 Å². The molecule has 0 aliphatic carbocycles. The Morgan fingerprint density at radius 3 is 1.05 bits per heavy atom. The van der Waals surface area contributed by atoms with E-state index in [1.54, 1.807) is 6.08 Å². The molecule has 0 aromatic rings. The summed E-state index contributed by atoms with van der Waals surface area (Å²) in [6, 6.07) is -0.933. The Morgan fingerprint density at radius 1 is 0.360 bits per heavy atom. The highest BCUT2D eigenvalue weighted by Crippen LogP contribution is 2.30. The number of unbranched alkanes of at least 4 members (excludes halogenated alkanes) is 51. The summed E-state index contributed by atoms with van der Waals surface area (Å²) in [4.78, 5) is 13.4. The molecule has 14 heteroatoms. The van der Waals surface area contributed by atoms with E-state index in [4.69, 9.17) is 18.9 Å². The summed E-state index contributed by atoms with van der Waals surface area (Å²) in [7, 11) is 0. The first-order valence-electron chi connectivity index (χ1n) is 42.5. The quantitative estimate of drug-likeness (QED) is 0.0204. The van der Waals surface area contributed by atoms with Gasteiger partial charge < -0.3 is 65.1 Å². The zero-order chi connectivity index (χ0) is 72.2. The van der Waals surface area contributed by atoms with E-state index in [-0.39, 0.29) is 18.9 Å². The minimum atomic E-state index is -1.79. The molecule has 586 valence electrons. The maximum atomic E-state index is 13.4. The first-order chi connectivity index (χ1) is 49.1. The lowest BCUT2D eigenvalue weighted by atomic mass is 9.97. The lowest BCUT2D eigenvalue weighted by Crippen LogP contribution is -2.65. The number of carbonyl (C=O) groups is 1. The number of allylic oxidation sites excluding steroid dienone is 9. The van der Waals surface area contributed by atoms with Crippen LogP contribution in [-0.4, -0.2) is 140 Å². The molecular weight excluding hydrogens is 1250 g/mol. The zero-order valence-electron chi connectivity index (χ0n) is 64.5. The van der Waals surface area contributed by atoms with Crippen molar-refractivity contribution in [2.24, 2.45) is 0 Å². The van der Waals surface area contributed by atoms with Gasteiger partial charge in [0.05, 0.1) is 32.0 Å². The van der Waals surface area contributed by atoms with Crippen molar-refractivity contribution in [2.45, 2.75) is 460 Å². The van der Waals surface area contributed by atoms with Crippen molar-refractivity contribution in [3.8, 4) is 0 Å². The number of ether oxygens (including phenoxy) is 4. The van der Waals surface area contributed by atoms with Crippen LogP contribution in [0.5, 0.6) is 0 Å². The monoisotopic (exact) mass is 1410 g/mol. The van der Waals surface area contributed by atoms with E-state index in [1.807, 2.05) is 6.08 Å². The van der Waals surface area contributed by atoms with Crippen LogP contribution in [0.4, 0.5) is 0 Å². The third kappa shape index (κ3) is 51.8. The summed E-state index contributed by atoms with van der Waals surface area (Å²) >= 11 is 0. The van der Waals surface area contributed by atoms with Crippen molar-refractivity contribution in [2.75, 3.05) is 19.8 Å². The second kappa shape index (κ2) is 69.7. The number of hydrogen-bond donors (Lipinski definition) is 9. The predicted octanol–water partition coefficient (Wildman–Crippen LogP) is 19.9. The SMILES string of the molecule is CCCCCCC/C=C\C/C=C\C/C=C\CCCCCCCCCCCCCCCCCCCCCCCCCCCCC(=O)NC(COC1OC(CO)C(OC2OC(CO)C(O)C(O)C2O)C(O)C1O)C(O)/C=C/CC/C=C/CCCCCCCCCCCCCCCCCCCCC. The van der Waals surface area contributed by atoms with Gasteiger partial charge in [-0.2, -0.15) is 0 Å². The van der Waals surface area contributed by atoms with Gasteiger partial charge in [0.1, 0.15) is 48.8 Å². The molecule has 0 aromatic heterocycles. The average molecular weight is 1420 g/mol. The molecule has 2 rings (SSSR count). The van der Waals surface area contributed by atoms with Crippen molar-refractivity contribution >= 4 is 5.91 Å². The molecule has 9 N–H and O–H groups in total. The fraction of sp³-hybridized carbons (Fsp3) is 0.872. The van der Waals surface area contributed by atoms with Gasteiger partial charge in [-0.25, -0.2) is 0 Å². The van der Waals surface area contributed by atoms with Gasteiger partial charge >= 0.3 is 0 Å². The fourth-order valence-corrected chi connectivity index (χ4v) is 14.0. The highest BCUT2D eigenvalue weighted by atomic mass is 16.7. The molecule has 0 spiro atoms. The molecule has 2 aliphatic heterocycles. The van der Waals surface area contributed by atoms with Crippen LogP contribution in [0.3, 0.4) is 0 Å². The van der Waals surface area contributed by atoms with Crippen molar-refractivity contribution in [3.05, 3.63) is 60.8 Å². The van der Waals surface area contributed by atoms with Crippen LogP contribution in [-0.2, 0) is 23.7 Å². The van der Waals surface area contributed by atoms with Crippen molar-refractivity contribution in [1.82, 2.24) is 5.32 Å². The van der Waals surface area contributed by atoms with E-state index >= 15 is 0 Å². The molecule has 2 saturated heterocycles. The Labute approximate surface area is 613 Å². The second-order valence-electron chi connectivity index (χ2n) is 30.0. The first-order valence-corrected chi connectivity index (χ1v) is 42.5. The van der Waals surface area contributed by atoms with Gasteiger partial charge in [-0.3, -0.25) is 4.79 Å². The Balaban J connectivity index is 1.57. The largest absolute Gasteiger partial charge is 0.394 e. The number of amides is 1. The second-order valence-corrected chi connectivity index (χ2v) is 30.0. The highest BCUT2D eigenvalue weighted by molar-refractivity contribution is 5.76. The van der Waals surface area contributed by atoms with Crippen LogP contribution in [0, 0.1) is 0 Å². The third-order valence-corrected chi connectivity index (χ3v) is 20.7. The minimum absolute atomic E-state index is 0.242. The van der Waals surface area contributed by atoms with E-state index in [0.717, 1.165) is 44.9 Å². The molecule has 12 unspecified atom stereocenters. The topological polar surface area (TPSA) is 228 Å². The summed E-state index contributed by atoms with van der Waals surface area (Å²) in [5.41, 5.74) is 0. The Kier molecular flexibility index (Phi) is 65.4. The van der Waals surface area contributed by atoms with E-state index in [0.29, 0.717) is 12.8 Å². The van der Waals surface area contributed by atoms with Gasteiger partial charge in [0.15, 0.2) is 12.6 Å². The molecule has 12 atom stereocenters. The number of hydrogen-bond acceptors (Lipinski definition) is 13. The average Bonchev–Trinajstić information content (AvgIpc) is 0.791. The van der Waals surface area contributed by atoms with Crippen molar-refractivity contribution < 1.29 is 64.6 Å². The Bertz CT molecular complexity index is 1910. The fourth-order valence-electron chi connectivity index (χ4n) is 14.0. The standard InChI is InChI=1S/C86H159NO13/c1-3-5-7-9-11-13-15-17-19-21-23-25-27-29-30-31-32-33-34-35-36-37-38-39-40-41-42-43-44-46-48-50-52-54-56-58-60-62-64-66-68-70-78(91)87-74(73-97-85-83(96)81(94)84(77(72-89)99-85)100-86-82(95)80(93)79(92)76(71-88)98-86)75(90)69-67-65-63-61-59-57-55-53-51-49-47-45-28-26-24-22-20-18-16-14-12-10-8-6-4-2/h15,17,21,23,27,29,59,61,67,69,74-77,79-86,88-90,92-96H,3-14,16,18-20,22,24-26,28,30-58,60,62-66,68,70-73H2,1-2H3,(H,87,91)/b17-15-,23-21-,29-27-,61-59+,69-67+. The molecule has 2 aliphatic rings. The van der Waals surface area contributed by atoms with Crippen LogP contribution in [0.2, 0.25) is 0 Å². The highest BCUT2D eigenvalue weighted by Gasteiger charge is 2.51. The summed E-state index contributed by atoms with van der Waals surface area (Å²) in [6.07, 6.45) is 79.0. The number of carbonyl (C=O) groups excluding carboxylic acids is 1. The molecule has 100 heavy (non-hydrogen) atoms. The van der Waals surface area contributed by atoms with Crippen LogP contribution in [0.25, 0.3) is 0 Å². The number of rotatable bonds is 72.